The van der Waals surface area contributed by atoms with Crippen LogP contribution in [0.25, 0.3) is 0 Å². The van der Waals surface area contributed by atoms with Crippen LogP contribution in [0.3, 0.4) is 0 Å². The zero-order valence-electron chi connectivity index (χ0n) is 14.1. The number of nitrogens with zero attached hydrogens (tertiary/aromatic N) is 1. The van der Waals surface area contributed by atoms with Crippen molar-refractivity contribution in [2.24, 2.45) is 0 Å². The third-order valence-corrected chi connectivity index (χ3v) is 4.15. The lowest BCUT2D eigenvalue weighted by Gasteiger charge is -2.16. The van der Waals surface area contributed by atoms with Crippen molar-refractivity contribution >= 4 is 11.6 Å². The number of rotatable bonds is 5. The largest absolute Gasteiger partial charge is 0.573 e. The Morgan fingerprint density at radius 2 is 1.81 bits per heavy atom. The lowest BCUT2D eigenvalue weighted by atomic mass is 10.1. The molecule has 7 heteroatoms. The number of nitrogens with one attached hydrogen (secondary N) is 1. The van der Waals surface area contributed by atoms with Crippen LogP contribution in [0, 0.1) is 0 Å². The highest BCUT2D eigenvalue weighted by Gasteiger charge is 2.32. The summed E-state index contributed by atoms with van der Waals surface area (Å²) in [6, 6.07) is 12.6. The van der Waals surface area contributed by atoms with Crippen LogP contribution in [-0.2, 0) is 6.54 Å². The Kier molecular flexibility index (Phi) is 5.46. The van der Waals surface area contributed by atoms with Crippen LogP contribution in [0.2, 0.25) is 0 Å². The number of para-hydroxylation sites is 2. The molecule has 2 aromatic carbocycles. The minimum atomic E-state index is -4.82. The number of hydrogen-bond donors (Lipinski definition) is 1. The molecule has 0 spiro atoms. The van der Waals surface area contributed by atoms with Crippen LogP contribution in [0.1, 0.15) is 28.8 Å². The summed E-state index contributed by atoms with van der Waals surface area (Å²) in [5.41, 5.74) is 1.36. The highest BCUT2D eigenvalue weighted by molar-refractivity contribution is 6.05. The molecule has 2 aromatic rings. The minimum Gasteiger partial charge on any atom is -0.404 e. The summed E-state index contributed by atoms with van der Waals surface area (Å²) in [6.07, 6.45) is -2.47. The fourth-order valence-corrected chi connectivity index (χ4v) is 2.99. The van der Waals surface area contributed by atoms with Crippen LogP contribution < -0.4 is 10.1 Å². The van der Waals surface area contributed by atoms with Crippen LogP contribution in [0.15, 0.2) is 48.5 Å². The monoisotopic (exact) mass is 364 g/mol. The van der Waals surface area contributed by atoms with Gasteiger partial charge in [0.15, 0.2) is 5.75 Å². The topological polar surface area (TPSA) is 41.6 Å². The van der Waals surface area contributed by atoms with Gasteiger partial charge in [-0.25, -0.2) is 0 Å². The Bertz CT molecular complexity index is 771. The molecule has 3 rings (SSSR count). The fourth-order valence-electron chi connectivity index (χ4n) is 2.99. The summed E-state index contributed by atoms with van der Waals surface area (Å²) in [7, 11) is 0. The second-order valence-corrected chi connectivity index (χ2v) is 6.18. The minimum absolute atomic E-state index is 0.0280. The Hall–Kier alpha value is -2.54. The summed E-state index contributed by atoms with van der Waals surface area (Å²) in [6.45, 7) is 2.84. The van der Waals surface area contributed by atoms with Crippen LogP contribution >= 0.6 is 0 Å². The van der Waals surface area contributed by atoms with Crippen molar-refractivity contribution in [2.45, 2.75) is 25.7 Å². The van der Waals surface area contributed by atoms with Crippen molar-refractivity contribution in [1.29, 1.82) is 0 Å². The van der Waals surface area contributed by atoms with E-state index in [0.717, 1.165) is 31.3 Å². The molecule has 4 nitrogen and oxygen atoms in total. The quantitative estimate of drug-likeness (QED) is 0.853. The lowest BCUT2D eigenvalue weighted by molar-refractivity contribution is -0.274. The number of carbonyl (C=O) groups excluding carboxylic acids is 1. The first-order chi connectivity index (χ1) is 12.4. The molecule has 1 saturated heterocycles. The maximum atomic E-state index is 12.5. The summed E-state index contributed by atoms with van der Waals surface area (Å²) in [4.78, 5) is 14.8. The van der Waals surface area contributed by atoms with Crippen molar-refractivity contribution in [3.05, 3.63) is 59.7 Å². The van der Waals surface area contributed by atoms with E-state index in [-0.39, 0.29) is 5.69 Å². The third-order valence-electron chi connectivity index (χ3n) is 4.15. The second kappa shape index (κ2) is 7.78. The first-order valence-corrected chi connectivity index (χ1v) is 8.38. The predicted octanol–water partition coefficient (Wildman–Crippen LogP) is 4.43. The number of ether oxygens (including phenoxy) is 1. The number of benzene rings is 2. The zero-order chi connectivity index (χ0) is 18.6. The summed E-state index contributed by atoms with van der Waals surface area (Å²) >= 11 is 0. The van der Waals surface area contributed by atoms with Gasteiger partial charge in [0.2, 0.25) is 0 Å². The molecule has 1 aliphatic heterocycles. The average molecular weight is 364 g/mol. The van der Waals surface area contributed by atoms with Gasteiger partial charge in [-0.15, -0.1) is 13.2 Å². The van der Waals surface area contributed by atoms with Crippen molar-refractivity contribution in [3.8, 4) is 5.75 Å². The average Bonchev–Trinajstić information content (AvgIpc) is 3.08. The smallest absolute Gasteiger partial charge is 0.404 e. The van der Waals surface area contributed by atoms with Crippen LogP contribution in [0.5, 0.6) is 5.75 Å². The molecule has 1 N–H and O–H groups in total. The highest BCUT2D eigenvalue weighted by Crippen LogP contribution is 2.30. The Morgan fingerprint density at radius 3 is 2.54 bits per heavy atom. The summed E-state index contributed by atoms with van der Waals surface area (Å²) in [5, 5.41) is 2.49. The molecule has 1 fully saturated rings. The van der Waals surface area contributed by atoms with Crippen molar-refractivity contribution in [2.75, 3.05) is 18.4 Å². The number of amides is 1. The highest BCUT2D eigenvalue weighted by atomic mass is 19.4. The third kappa shape index (κ3) is 4.98. The number of likely N-dealkylation sites (tertiary alicyclic amines) is 1. The number of hydrogen-bond acceptors (Lipinski definition) is 3. The fraction of sp³-hybridized carbons (Fsp3) is 0.316. The maximum Gasteiger partial charge on any atom is 0.573 e. The van der Waals surface area contributed by atoms with E-state index in [9.17, 15) is 18.0 Å². The van der Waals surface area contributed by atoms with Crippen molar-refractivity contribution in [3.63, 3.8) is 0 Å². The molecule has 0 radical (unpaired) electrons. The predicted molar refractivity (Wildman–Crippen MR) is 92.0 cm³/mol. The molecule has 26 heavy (non-hydrogen) atoms. The van der Waals surface area contributed by atoms with E-state index in [2.05, 4.69) is 15.0 Å². The normalized spacial score (nSPS) is 15.0. The van der Waals surface area contributed by atoms with E-state index in [1.54, 1.807) is 18.2 Å². The van der Waals surface area contributed by atoms with E-state index in [0.29, 0.717) is 5.56 Å². The van der Waals surface area contributed by atoms with E-state index >= 15 is 0 Å². The van der Waals surface area contributed by atoms with Gasteiger partial charge >= 0.3 is 6.36 Å². The van der Waals surface area contributed by atoms with Gasteiger partial charge in [-0.05, 0) is 55.8 Å². The van der Waals surface area contributed by atoms with Gasteiger partial charge in [0.05, 0.1) is 5.69 Å². The zero-order valence-corrected chi connectivity index (χ0v) is 14.1. The molecular formula is C19H19F3N2O2. The molecular weight excluding hydrogens is 345 g/mol. The van der Waals surface area contributed by atoms with Gasteiger partial charge in [0.1, 0.15) is 0 Å². The second-order valence-electron chi connectivity index (χ2n) is 6.18. The molecule has 1 heterocycles. The summed E-state index contributed by atoms with van der Waals surface area (Å²) < 4.78 is 41.4. The number of halogens is 3. The van der Waals surface area contributed by atoms with Gasteiger partial charge in [0.25, 0.3) is 5.91 Å². The maximum absolute atomic E-state index is 12.5. The number of carbonyl (C=O) groups is 1. The molecule has 0 aromatic heterocycles. The first kappa shape index (κ1) is 18.3. The molecule has 0 bridgehead atoms. The van der Waals surface area contributed by atoms with Crippen molar-refractivity contribution in [1.82, 2.24) is 4.90 Å². The van der Waals surface area contributed by atoms with E-state index in [1.807, 2.05) is 6.07 Å². The Labute approximate surface area is 149 Å². The molecule has 0 aliphatic carbocycles. The van der Waals surface area contributed by atoms with Crippen molar-refractivity contribution < 1.29 is 22.7 Å². The van der Waals surface area contributed by atoms with Gasteiger partial charge in [-0.3, -0.25) is 9.69 Å². The van der Waals surface area contributed by atoms with E-state index in [1.165, 1.54) is 31.0 Å². The molecule has 0 saturated carbocycles. The Balaban J connectivity index is 1.72. The van der Waals surface area contributed by atoms with Gasteiger partial charge in [0, 0.05) is 12.1 Å². The standard InChI is InChI=1S/C19H19F3N2O2/c20-19(21,22)26-17-9-2-1-8-16(17)23-18(25)15-7-5-6-14(12-15)13-24-10-3-4-11-24/h1-2,5-9,12H,3-4,10-11,13H2,(H,23,25). The first-order valence-electron chi connectivity index (χ1n) is 8.38. The van der Waals surface area contributed by atoms with Gasteiger partial charge < -0.3 is 10.1 Å². The molecule has 0 atom stereocenters. The SMILES string of the molecule is O=C(Nc1ccccc1OC(F)(F)F)c1cccc(CN2CCCC2)c1. The van der Waals surface area contributed by atoms with Crippen LogP contribution in [0.4, 0.5) is 18.9 Å². The molecule has 1 aliphatic rings. The van der Waals surface area contributed by atoms with E-state index < -0.39 is 18.0 Å². The molecule has 0 unspecified atom stereocenters. The van der Waals surface area contributed by atoms with Gasteiger partial charge in [-0.1, -0.05) is 24.3 Å². The molecule has 1 amide bonds. The van der Waals surface area contributed by atoms with E-state index in [4.69, 9.17) is 0 Å². The summed E-state index contributed by atoms with van der Waals surface area (Å²) in [5.74, 6) is -0.923. The van der Waals surface area contributed by atoms with Crippen LogP contribution in [-0.4, -0.2) is 30.3 Å². The Morgan fingerprint density at radius 1 is 1.08 bits per heavy atom. The van der Waals surface area contributed by atoms with Gasteiger partial charge in [-0.2, -0.15) is 0 Å². The lowest BCUT2D eigenvalue weighted by Crippen LogP contribution is -2.20. The molecule has 138 valence electrons. The number of alkyl halides is 3. The number of anilines is 1.